The second-order valence-corrected chi connectivity index (χ2v) is 5.82. The molecule has 6 heteroatoms. The predicted molar refractivity (Wildman–Crippen MR) is 82.3 cm³/mol. The molecule has 0 heterocycles. The summed E-state index contributed by atoms with van der Waals surface area (Å²) in [7, 11) is 0. The van der Waals surface area contributed by atoms with Crippen molar-refractivity contribution in [2.45, 2.75) is 12.0 Å². The van der Waals surface area contributed by atoms with Crippen molar-refractivity contribution in [3.8, 4) is 0 Å². The SMILES string of the molecule is NCC(c1c(F)cccc1Cl)C(O)c1c(F)cccc1Br. The first-order chi connectivity index (χ1) is 9.97. The quantitative estimate of drug-likeness (QED) is 0.842. The molecule has 0 aromatic heterocycles. The van der Waals surface area contributed by atoms with Gasteiger partial charge in [-0.1, -0.05) is 39.7 Å². The second kappa shape index (κ2) is 6.83. The highest BCUT2D eigenvalue weighted by molar-refractivity contribution is 9.10. The van der Waals surface area contributed by atoms with Crippen LogP contribution in [0, 0.1) is 11.6 Å². The van der Waals surface area contributed by atoms with Gasteiger partial charge in [-0.3, -0.25) is 0 Å². The van der Waals surface area contributed by atoms with Gasteiger partial charge in [0.15, 0.2) is 0 Å². The van der Waals surface area contributed by atoms with Crippen LogP contribution in [0.4, 0.5) is 8.78 Å². The summed E-state index contributed by atoms with van der Waals surface area (Å²) in [6, 6.07) is 8.51. The molecule has 2 unspecified atom stereocenters. The maximum atomic E-state index is 14.0. The molecule has 0 radical (unpaired) electrons. The molecule has 112 valence electrons. The van der Waals surface area contributed by atoms with E-state index in [-0.39, 0.29) is 22.7 Å². The summed E-state index contributed by atoms with van der Waals surface area (Å²) in [6.45, 7) is -0.0808. The Kier molecular flexibility index (Phi) is 5.32. The third kappa shape index (κ3) is 3.26. The Hall–Kier alpha value is -1.01. The summed E-state index contributed by atoms with van der Waals surface area (Å²) in [5.74, 6) is -2.03. The highest BCUT2D eigenvalue weighted by Gasteiger charge is 2.29. The summed E-state index contributed by atoms with van der Waals surface area (Å²) in [5, 5.41) is 10.6. The van der Waals surface area contributed by atoms with Gasteiger partial charge in [0.25, 0.3) is 0 Å². The fourth-order valence-corrected chi connectivity index (χ4v) is 3.14. The van der Waals surface area contributed by atoms with E-state index in [2.05, 4.69) is 15.9 Å². The van der Waals surface area contributed by atoms with Gasteiger partial charge < -0.3 is 10.8 Å². The lowest BCUT2D eigenvalue weighted by atomic mass is 9.88. The number of rotatable bonds is 4. The molecule has 0 aliphatic heterocycles. The first-order valence-corrected chi connectivity index (χ1v) is 7.40. The van der Waals surface area contributed by atoms with Crippen molar-refractivity contribution in [3.05, 3.63) is 68.7 Å². The monoisotopic (exact) mass is 375 g/mol. The van der Waals surface area contributed by atoms with Crippen molar-refractivity contribution in [1.29, 1.82) is 0 Å². The number of nitrogens with two attached hydrogens (primary N) is 1. The summed E-state index contributed by atoms with van der Waals surface area (Å²) in [5.41, 5.74) is 5.78. The molecule has 0 aliphatic rings. The van der Waals surface area contributed by atoms with Crippen LogP contribution in [0.25, 0.3) is 0 Å². The molecule has 0 saturated carbocycles. The van der Waals surface area contributed by atoms with E-state index in [0.717, 1.165) is 0 Å². The minimum atomic E-state index is -1.32. The van der Waals surface area contributed by atoms with Crippen molar-refractivity contribution in [1.82, 2.24) is 0 Å². The lowest BCUT2D eigenvalue weighted by Crippen LogP contribution is -2.22. The van der Waals surface area contributed by atoms with Crippen LogP contribution in [0.3, 0.4) is 0 Å². The van der Waals surface area contributed by atoms with Crippen molar-refractivity contribution in [2.75, 3.05) is 6.54 Å². The number of aliphatic hydroxyl groups excluding tert-OH is 1. The highest BCUT2D eigenvalue weighted by Crippen LogP contribution is 2.39. The second-order valence-electron chi connectivity index (χ2n) is 4.56. The minimum absolute atomic E-state index is 0.0345. The molecular formula is C15H13BrClF2NO. The Bertz CT molecular complexity index is 613. The van der Waals surface area contributed by atoms with E-state index in [0.29, 0.717) is 4.47 Å². The van der Waals surface area contributed by atoms with Crippen LogP contribution in [-0.2, 0) is 0 Å². The largest absolute Gasteiger partial charge is 0.388 e. The molecule has 0 fully saturated rings. The van der Waals surface area contributed by atoms with Crippen LogP contribution in [-0.4, -0.2) is 11.7 Å². The highest BCUT2D eigenvalue weighted by atomic mass is 79.9. The predicted octanol–water partition coefficient (Wildman–Crippen LogP) is 4.16. The Balaban J connectivity index is 2.51. The Morgan fingerprint density at radius 1 is 1.10 bits per heavy atom. The van der Waals surface area contributed by atoms with Crippen LogP contribution in [0.1, 0.15) is 23.1 Å². The zero-order chi connectivity index (χ0) is 15.6. The molecule has 0 saturated heterocycles. The molecule has 0 amide bonds. The average molecular weight is 377 g/mol. The summed E-state index contributed by atoms with van der Waals surface area (Å²) < 4.78 is 28.4. The Labute approximate surface area is 134 Å². The third-order valence-corrected chi connectivity index (χ3v) is 4.32. The third-order valence-electron chi connectivity index (χ3n) is 3.30. The van der Waals surface area contributed by atoms with Crippen LogP contribution >= 0.6 is 27.5 Å². The van der Waals surface area contributed by atoms with Crippen LogP contribution in [0.2, 0.25) is 5.02 Å². The average Bonchev–Trinajstić information content (AvgIpc) is 2.42. The lowest BCUT2D eigenvalue weighted by molar-refractivity contribution is 0.140. The first kappa shape index (κ1) is 16.4. The van der Waals surface area contributed by atoms with E-state index in [4.69, 9.17) is 17.3 Å². The summed E-state index contributed by atoms with van der Waals surface area (Å²) in [6.07, 6.45) is -1.32. The number of halogens is 4. The van der Waals surface area contributed by atoms with E-state index in [1.807, 2.05) is 0 Å². The summed E-state index contributed by atoms with van der Waals surface area (Å²) in [4.78, 5) is 0. The smallest absolute Gasteiger partial charge is 0.130 e. The number of hydrogen-bond donors (Lipinski definition) is 2. The molecule has 2 atom stereocenters. The fourth-order valence-electron chi connectivity index (χ4n) is 2.26. The van der Waals surface area contributed by atoms with Gasteiger partial charge in [-0.2, -0.15) is 0 Å². The van der Waals surface area contributed by atoms with Gasteiger partial charge in [-0.05, 0) is 24.3 Å². The standard InChI is InChI=1S/C15H13BrClF2NO/c16-9-3-1-5-12(19)14(9)15(21)8(7-20)13-10(17)4-2-6-11(13)18/h1-6,8,15,21H,7,20H2. The molecule has 0 spiro atoms. The molecule has 3 N–H and O–H groups in total. The van der Waals surface area contributed by atoms with Gasteiger partial charge in [0, 0.05) is 33.1 Å². The Morgan fingerprint density at radius 3 is 2.19 bits per heavy atom. The Morgan fingerprint density at radius 2 is 1.67 bits per heavy atom. The van der Waals surface area contributed by atoms with Crippen LogP contribution < -0.4 is 5.73 Å². The zero-order valence-corrected chi connectivity index (χ0v) is 13.2. The van der Waals surface area contributed by atoms with Crippen LogP contribution in [0.15, 0.2) is 40.9 Å². The van der Waals surface area contributed by atoms with E-state index in [1.54, 1.807) is 6.07 Å². The number of aliphatic hydroxyl groups is 1. The van der Waals surface area contributed by atoms with E-state index < -0.39 is 23.7 Å². The minimum Gasteiger partial charge on any atom is -0.388 e. The lowest BCUT2D eigenvalue weighted by Gasteiger charge is -2.24. The van der Waals surface area contributed by atoms with E-state index in [9.17, 15) is 13.9 Å². The van der Waals surface area contributed by atoms with Crippen molar-refractivity contribution >= 4 is 27.5 Å². The molecule has 21 heavy (non-hydrogen) atoms. The van der Waals surface area contributed by atoms with Gasteiger partial charge >= 0.3 is 0 Å². The molecule has 2 aromatic carbocycles. The van der Waals surface area contributed by atoms with Gasteiger partial charge in [0.05, 0.1) is 6.10 Å². The maximum absolute atomic E-state index is 14.0. The van der Waals surface area contributed by atoms with Crippen LogP contribution in [0.5, 0.6) is 0 Å². The van der Waals surface area contributed by atoms with Gasteiger partial charge in [-0.25, -0.2) is 8.78 Å². The molecule has 2 aromatic rings. The number of benzene rings is 2. The van der Waals surface area contributed by atoms with Gasteiger partial charge in [0.1, 0.15) is 11.6 Å². The molecular weight excluding hydrogens is 364 g/mol. The van der Waals surface area contributed by atoms with Crippen molar-refractivity contribution in [3.63, 3.8) is 0 Å². The van der Waals surface area contributed by atoms with Gasteiger partial charge in [-0.15, -0.1) is 0 Å². The summed E-state index contributed by atoms with van der Waals surface area (Å²) >= 11 is 9.19. The zero-order valence-electron chi connectivity index (χ0n) is 10.9. The first-order valence-electron chi connectivity index (χ1n) is 6.23. The maximum Gasteiger partial charge on any atom is 0.130 e. The van der Waals surface area contributed by atoms with Gasteiger partial charge in [0.2, 0.25) is 0 Å². The molecule has 0 bridgehead atoms. The van der Waals surface area contributed by atoms with E-state index >= 15 is 0 Å². The van der Waals surface area contributed by atoms with Crippen molar-refractivity contribution < 1.29 is 13.9 Å². The number of hydrogen-bond acceptors (Lipinski definition) is 2. The molecule has 0 aliphatic carbocycles. The fraction of sp³-hybridized carbons (Fsp3) is 0.200. The normalized spacial score (nSPS) is 14.0. The topological polar surface area (TPSA) is 46.2 Å². The van der Waals surface area contributed by atoms with Crippen molar-refractivity contribution in [2.24, 2.45) is 5.73 Å². The van der Waals surface area contributed by atoms with E-state index in [1.165, 1.54) is 30.3 Å². The molecule has 2 nitrogen and oxygen atoms in total. The molecule has 2 rings (SSSR count).